The fourth-order valence-electron chi connectivity index (χ4n) is 4.14. The average molecular weight is 485 g/mol. The van der Waals surface area contributed by atoms with Crippen LogP contribution in [-0.2, 0) is 21.2 Å². The normalized spacial score (nSPS) is 14.8. The number of rotatable bonds is 7. The van der Waals surface area contributed by atoms with Gasteiger partial charge in [0.15, 0.2) is 6.61 Å². The number of fused-ring (bicyclic) bond motifs is 1. The van der Waals surface area contributed by atoms with Crippen molar-refractivity contribution in [3.8, 4) is 5.75 Å². The third-order valence-corrected chi connectivity index (χ3v) is 8.00. The monoisotopic (exact) mass is 484 g/mol. The lowest BCUT2D eigenvalue weighted by Crippen LogP contribution is -2.36. The number of aryl methyl sites for hydroxylation is 2. The highest BCUT2D eigenvalue weighted by atomic mass is 32.2. The van der Waals surface area contributed by atoms with Gasteiger partial charge in [-0.15, -0.1) is 0 Å². The molecule has 0 spiro atoms. The van der Waals surface area contributed by atoms with Crippen LogP contribution in [0, 0.1) is 6.92 Å². The van der Waals surface area contributed by atoms with Crippen molar-refractivity contribution >= 4 is 32.6 Å². The number of amides is 1. The molecule has 0 atom stereocenters. The third-order valence-electron chi connectivity index (χ3n) is 5.96. The molecule has 180 valence electrons. The van der Waals surface area contributed by atoms with Crippen LogP contribution in [0.25, 0.3) is 11.0 Å². The molecule has 2 heterocycles. The van der Waals surface area contributed by atoms with Crippen molar-refractivity contribution in [2.75, 3.05) is 25.0 Å². The van der Waals surface area contributed by atoms with Crippen LogP contribution < -0.4 is 15.7 Å². The minimum atomic E-state index is -3.62. The molecule has 3 aromatic rings. The highest BCUT2D eigenvalue weighted by molar-refractivity contribution is 7.89. The molecule has 34 heavy (non-hydrogen) atoms. The van der Waals surface area contributed by atoms with Gasteiger partial charge in [-0.25, -0.2) is 13.2 Å². The van der Waals surface area contributed by atoms with Crippen molar-refractivity contribution in [2.45, 2.75) is 44.4 Å². The number of carbonyl (C=O) groups is 1. The zero-order chi connectivity index (χ0) is 24.3. The molecular formula is C25H28N2O6S. The maximum atomic E-state index is 13.1. The second-order valence-electron chi connectivity index (χ2n) is 8.38. The Morgan fingerprint density at radius 1 is 1.09 bits per heavy atom. The van der Waals surface area contributed by atoms with Crippen LogP contribution >= 0.6 is 0 Å². The van der Waals surface area contributed by atoms with E-state index in [9.17, 15) is 18.0 Å². The standard InChI is InChI=1S/C25H28N2O6S/c1-3-18-13-25(29)33-22-15-20(9-10-21(18)22)32-16-24(28)26-19-8-7-17(2)23(14-19)34(30,31)27-11-5-4-6-12-27/h7-10,13-15H,3-6,11-12,16H2,1-2H3,(H,26,28). The molecule has 1 aromatic heterocycles. The Bertz CT molecular complexity index is 1370. The van der Waals surface area contributed by atoms with E-state index in [-0.39, 0.29) is 11.5 Å². The van der Waals surface area contributed by atoms with Gasteiger partial charge >= 0.3 is 5.63 Å². The van der Waals surface area contributed by atoms with Gasteiger partial charge in [-0.1, -0.05) is 19.4 Å². The van der Waals surface area contributed by atoms with Gasteiger partial charge in [0.25, 0.3) is 5.91 Å². The molecule has 1 fully saturated rings. The maximum absolute atomic E-state index is 13.1. The van der Waals surface area contributed by atoms with Crippen LogP contribution in [0.1, 0.15) is 37.3 Å². The Morgan fingerprint density at radius 2 is 1.85 bits per heavy atom. The van der Waals surface area contributed by atoms with E-state index < -0.39 is 21.6 Å². The van der Waals surface area contributed by atoms with Crippen molar-refractivity contribution in [3.05, 3.63) is 64.0 Å². The van der Waals surface area contributed by atoms with Crippen molar-refractivity contribution in [2.24, 2.45) is 0 Å². The van der Waals surface area contributed by atoms with E-state index in [2.05, 4.69) is 5.32 Å². The van der Waals surface area contributed by atoms with Gasteiger partial charge in [-0.2, -0.15) is 4.31 Å². The molecule has 9 heteroatoms. The Morgan fingerprint density at radius 3 is 2.59 bits per heavy atom. The number of sulfonamides is 1. The number of carbonyl (C=O) groups excluding carboxylic acids is 1. The second-order valence-corrected chi connectivity index (χ2v) is 10.3. The van der Waals surface area contributed by atoms with E-state index in [4.69, 9.17) is 9.15 Å². The van der Waals surface area contributed by atoms with Gasteiger partial charge in [0.05, 0.1) is 4.90 Å². The SMILES string of the molecule is CCc1cc(=O)oc2cc(OCC(=O)Nc3ccc(C)c(S(=O)(=O)N4CCCCC4)c3)ccc12. The molecule has 1 aliphatic heterocycles. The van der Waals surface area contributed by atoms with Crippen LogP contribution in [0.15, 0.2) is 56.6 Å². The highest BCUT2D eigenvalue weighted by Crippen LogP contribution is 2.26. The zero-order valence-electron chi connectivity index (χ0n) is 19.3. The Balaban J connectivity index is 1.45. The molecule has 0 unspecified atom stereocenters. The van der Waals surface area contributed by atoms with Gasteiger partial charge < -0.3 is 14.5 Å². The van der Waals surface area contributed by atoms with E-state index in [0.29, 0.717) is 42.1 Å². The molecule has 0 radical (unpaired) electrons. The van der Waals surface area contributed by atoms with Crippen molar-refractivity contribution in [1.82, 2.24) is 4.31 Å². The number of piperidine rings is 1. The Kier molecular flexibility index (Phi) is 7.04. The molecule has 8 nitrogen and oxygen atoms in total. The molecule has 1 saturated heterocycles. The van der Waals surface area contributed by atoms with E-state index in [1.165, 1.54) is 16.4 Å². The average Bonchev–Trinajstić information content (AvgIpc) is 2.83. The largest absolute Gasteiger partial charge is 0.484 e. The number of hydrogen-bond donors (Lipinski definition) is 1. The summed E-state index contributed by atoms with van der Waals surface area (Å²) in [6, 6.07) is 11.4. The quantitative estimate of drug-likeness (QED) is 0.511. The number of benzene rings is 2. The summed E-state index contributed by atoms with van der Waals surface area (Å²) < 4.78 is 38.5. The summed E-state index contributed by atoms with van der Waals surface area (Å²) in [6.45, 7) is 4.44. The molecule has 0 bridgehead atoms. The summed E-state index contributed by atoms with van der Waals surface area (Å²) in [7, 11) is -3.62. The molecule has 1 amide bonds. The Hall–Kier alpha value is -3.17. The molecule has 4 rings (SSSR count). The highest BCUT2D eigenvalue weighted by Gasteiger charge is 2.27. The molecule has 2 aromatic carbocycles. The number of nitrogens with zero attached hydrogens (tertiary/aromatic N) is 1. The number of hydrogen-bond acceptors (Lipinski definition) is 6. The number of anilines is 1. The molecule has 1 N–H and O–H groups in total. The molecule has 0 aliphatic carbocycles. The van der Waals surface area contributed by atoms with E-state index in [0.717, 1.165) is 30.2 Å². The Labute approximate surface area is 198 Å². The van der Waals surface area contributed by atoms with Gasteiger partial charge in [-0.3, -0.25) is 4.79 Å². The first-order valence-corrected chi connectivity index (χ1v) is 12.8. The minimum Gasteiger partial charge on any atom is -0.484 e. The number of ether oxygens (including phenoxy) is 1. The second kappa shape index (κ2) is 9.99. The summed E-state index contributed by atoms with van der Waals surface area (Å²) in [4.78, 5) is 24.4. The summed E-state index contributed by atoms with van der Waals surface area (Å²) >= 11 is 0. The minimum absolute atomic E-state index is 0.199. The fourth-order valence-corrected chi connectivity index (χ4v) is 5.91. The summed E-state index contributed by atoms with van der Waals surface area (Å²) in [5.41, 5.74) is 1.85. The van der Waals surface area contributed by atoms with Gasteiger partial charge in [0, 0.05) is 36.3 Å². The first kappa shape index (κ1) is 24.0. The zero-order valence-corrected chi connectivity index (χ0v) is 20.1. The van der Waals surface area contributed by atoms with Crippen LogP contribution in [0.4, 0.5) is 5.69 Å². The lowest BCUT2D eigenvalue weighted by Gasteiger charge is -2.26. The number of nitrogens with one attached hydrogen (secondary N) is 1. The molecular weight excluding hydrogens is 456 g/mol. The van der Waals surface area contributed by atoms with Gasteiger partial charge in [0.1, 0.15) is 11.3 Å². The van der Waals surface area contributed by atoms with E-state index >= 15 is 0 Å². The first-order chi connectivity index (χ1) is 16.3. The first-order valence-electron chi connectivity index (χ1n) is 11.4. The lowest BCUT2D eigenvalue weighted by atomic mass is 10.1. The predicted octanol–water partition coefficient (Wildman–Crippen LogP) is 3.86. The smallest absolute Gasteiger partial charge is 0.336 e. The van der Waals surface area contributed by atoms with E-state index in [1.54, 1.807) is 37.3 Å². The van der Waals surface area contributed by atoms with Gasteiger partial charge in [0.2, 0.25) is 10.0 Å². The summed E-state index contributed by atoms with van der Waals surface area (Å²) in [6.07, 6.45) is 3.43. The lowest BCUT2D eigenvalue weighted by molar-refractivity contribution is -0.118. The topological polar surface area (TPSA) is 106 Å². The van der Waals surface area contributed by atoms with Crippen molar-refractivity contribution in [1.29, 1.82) is 0 Å². The molecule has 0 saturated carbocycles. The van der Waals surface area contributed by atoms with Crippen LogP contribution in [0.3, 0.4) is 0 Å². The maximum Gasteiger partial charge on any atom is 0.336 e. The predicted molar refractivity (Wildman–Crippen MR) is 130 cm³/mol. The van der Waals surface area contributed by atoms with Crippen molar-refractivity contribution < 1.29 is 22.4 Å². The van der Waals surface area contributed by atoms with E-state index in [1.807, 2.05) is 6.92 Å². The van der Waals surface area contributed by atoms with Crippen LogP contribution in [-0.4, -0.2) is 38.3 Å². The third kappa shape index (κ3) is 5.15. The summed E-state index contributed by atoms with van der Waals surface area (Å²) in [5, 5.41) is 3.52. The fraction of sp³-hybridized carbons (Fsp3) is 0.360. The van der Waals surface area contributed by atoms with Gasteiger partial charge in [-0.05, 0) is 61.6 Å². The van der Waals surface area contributed by atoms with Crippen LogP contribution in [0.2, 0.25) is 0 Å². The summed E-state index contributed by atoms with van der Waals surface area (Å²) in [5.74, 6) is -0.0506. The van der Waals surface area contributed by atoms with Crippen molar-refractivity contribution in [3.63, 3.8) is 0 Å². The van der Waals surface area contributed by atoms with Crippen LogP contribution in [0.5, 0.6) is 5.75 Å². The molecule has 1 aliphatic rings.